The van der Waals surface area contributed by atoms with Crippen LogP contribution in [0.15, 0.2) is 30.3 Å². The summed E-state index contributed by atoms with van der Waals surface area (Å²) in [4.78, 5) is 17.4. The Morgan fingerprint density at radius 1 is 0.913 bits per heavy atom. The maximum Gasteiger partial charge on any atom is 0.223 e. The summed E-state index contributed by atoms with van der Waals surface area (Å²) >= 11 is 1.74. The molecule has 118 valence electrons. The van der Waals surface area contributed by atoms with Crippen LogP contribution in [0, 0.1) is 0 Å². The average Bonchev–Trinajstić information content (AvgIpc) is 2.98. The number of nitrogen functional groups attached to an aromatic ring is 2. The van der Waals surface area contributed by atoms with Crippen molar-refractivity contribution < 1.29 is 0 Å². The van der Waals surface area contributed by atoms with Crippen molar-refractivity contribution in [2.45, 2.75) is 0 Å². The quantitative estimate of drug-likeness (QED) is 0.737. The zero-order valence-electron chi connectivity index (χ0n) is 12.5. The molecule has 0 aliphatic carbocycles. The summed E-state index contributed by atoms with van der Waals surface area (Å²) in [6, 6.07) is 10.0. The molecular formula is C15H17N7S. The number of piperazine rings is 1. The lowest BCUT2D eigenvalue weighted by Crippen LogP contribution is -2.46. The van der Waals surface area contributed by atoms with Gasteiger partial charge in [-0.1, -0.05) is 23.5 Å². The molecule has 1 saturated heterocycles. The number of thiazole rings is 1. The fourth-order valence-electron chi connectivity index (χ4n) is 2.76. The summed E-state index contributed by atoms with van der Waals surface area (Å²) in [7, 11) is 0. The van der Waals surface area contributed by atoms with Crippen molar-refractivity contribution in [1.82, 2.24) is 15.0 Å². The summed E-state index contributed by atoms with van der Waals surface area (Å²) in [5.41, 5.74) is 12.5. The van der Waals surface area contributed by atoms with Gasteiger partial charge in [-0.05, 0) is 12.1 Å². The van der Waals surface area contributed by atoms with Gasteiger partial charge in [-0.25, -0.2) is 4.98 Å². The second-order valence-corrected chi connectivity index (χ2v) is 6.46. The predicted octanol–water partition coefficient (Wildman–Crippen LogP) is 1.58. The highest BCUT2D eigenvalue weighted by Crippen LogP contribution is 2.29. The Kier molecular flexibility index (Phi) is 3.38. The SMILES string of the molecule is Nc1cc(N2CCN(c3nc4ccccc4s3)CC2)nc(N)n1. The number of hydrogen-bond donors (Lipinski definition) is 2. The number of benzene rings is 1. The Hall–Kier alpha value is -2.61. The molecule has 3 aromatic rings. The molecule has 4 rings (SSSR count). The Morgan fingerprint density at radius 3 is 2.39 bits per heavy atom. The molecule has 7 nitrogen and oxygen atoms in total. The highest BCUT2D eigenvalue weighted by atomic mass is 32.1. The molecule has 1 aromatic carbocycles. The zero-order chi connectivity index (χ0) is 15.8. The van der Waals surface area contributed by atoms with Crippen molar-refractivity contribution >= 4 is 44.3 Å². The molecule has 0 atom stereocenters. The highest BCUT2D eigenvalue weighted by Gasteiger charge is 2.21. The Balaban J connectivity index is 1.50. The largest absolute Gasteiger partial charge is 0.383 e. The third-order valence-corrected chi connectivity index (χ3v) is 5.00. The van der Waals surface area contributed by atoms with Crippen molar-refractivity contribution in [3.8, 4) is 0 Å². The number of para-hydroxylation sites is 1. The monoisotopic (exact) mass is 327 g/mol. The number of nitrogens with zero attached hydrogens (tertiary/aromatic N) is 5. The average molecular weight is 327 g/mol. The van der Waals surface area contributed by atoms with Gasteiger partial charge in [-0.15, -0.1) is 0 Å². The molecule has 23 heavy (non-hydrogen) atoms. The van der Waals surface area contributed by atoms with Crippen LogP contribution in [0.4, 0.5) is 22.7 Å². The van der Waals surface area contributed by atoms with Gasteiger partial charge in [0.1, 0.15) is 11.6 Å². The number of fused-ring (bicyclic) bond motifs is 1. The topological polar surface area (TPSA) is 97.2 Å². The summed E-state index contributed by atoms with van der Waals surface area (Å²) < 4.78 is 1.22. The molecule has 4 N–H and O–H groups in total. The third kappa shape index (κ3) is 2.72. The van der Waals surface area contributed by atoms with Crippen LogP contribution in [0.2, 0.25) is 0 Å². The van der Waals surface area contributed by atoms with Crippen LogP contribution in [0.25, 0.3) is 10.2 Å². The minimum absolute atomic E-state index is 0.216. The molecule has 0 amide bonds. The molecule has 1 fully saturated rings. The van der Waals surface area contributed by atoms with Crippen molar-refractivity contribution in [2.24, 2.45) is 0 Å². The van der Waals surface area contributed by atoms with E-state index >= 15 is 0 Å². The van der Waals surface area contributed by atoms with Crippen molar-refractivity contribution in [3.05, 3.63) is 30.3 Å². The van der Waals surface area contributed by atoms with Crippen LogP contribution < -0.4 is 21.3 Å². The molecule has 0 radical (unpaired) electrons. The first-order chi connectivity index (χ1) is 11.2. The standard InChI is InChI=1S/C15H17N7S/c16-12-9-13(20-14(17)19-12)21-5-7-22(8-6-21)15-18-10-3-1-2-4-11(10)23-15/h1-4,9H,5-8H2,(H4,16,17,19,20). The predicted molar refractivity (Wildman–Crippen MR) is 94.9 cm³/mol. The lowest BCUT2D eigenvalue weighted by Gasteiger charge is -2.35. The fraction of sp³-hybridized carbons (Fsp3) is 0.267. The van der Waals surface area contributed by atoms with E-state index in [4.69, 9.17) is 16.5 Å². The van der Waals surface area contributed by atoms with Gasteiger partial charge in [-0.3, -0.25) is 0 Å². The molecule has 0 saturated carbocycles. The molecule has 0 unspecified atom stereocenters. The van der Waals surface area contributed by atoms with Crippen LogP contribution in [-0.2, 0) is 0 Å². The number of hydrogen-bond acceptors (Lipinski definition) is 8. The van der Waals surface area contributed by atoms with E-state index < -0.39 is 0 Å². The van der Waals surface area contributed by atoms with E-state index in [0.29, 0.717) is 5.82 Å². The van der Waals surface area contributed by atoms with Crippen LogP contribution >= 0.6 is 11.3 Å². The molecule has 1 aliphatic heterocycles. The molecule has 0 spiro atoms. The second-order valence-electron chi connectivity index (χ2n) is 5.45. The van der Waals surface area contributed by atoms with Crippen LogP contribution in [0.5, 0.6) is 0 Å². The van der Waals surface area contributed by atoms with Gasteiger partial charge in [0.2, 0.25) is 5.95 Å². The lowest BCUT2D eigenvalue weighted by molar-refractivity contribution is 0.646. The summed E-state index contributed by atoms with van der Waals surface area (Å²) in [5.74, 6) is 1.41. The van der Waals surface area contributed by atoms with Gasteiger partial charge in [0.25, 0.3) is 0 Å². The number of nitrogens with two attached hydrogens (primary N) is 2. The van der Waals surface area contributed by atoms with E-state index in [1.807, 2.05) is 12.1 Å². The maximum absolute atomic E-state index is 5.75. The van der Waals surface area contributed by atoms with E-state index in [-0.39, 0.29) is 5.95 Å². The van der Waals surface area contributed by atoms with E-state index in [0.717, 1.165) is 42.6 Å². The molecule has 1 aliphatic rings. The zero-order valence-corrected chi connectivity index (χ0v) is 13.3. The molecule has 0 bridgehead atoms. The number of anilines is 4. The Bertz CT molecular complexity index is 785. The van der Waals surface area contributed by atoms with Gasteiger partial charge < -0.3 is 21.3 Å². The molecule has 2 aromatic heterocycles. The van der Waals surface area contributed by atoms with Crippen molar-refractivity contribution in [3.63, 3.8) is 0 Å². The van der Waals surface area contributed by atoms with Crippen LogP contribution in [0.3, 0.4) is 0 Å². The normalized spacial score (nSPS) is 15.3. The molecule has 8 heteroatoms. The first-order valence-corrected chi connectivity index (χ1v) is 8.26. The second kappa shape index (κ2) is 5.54. The molecule has 3 heterocycles. The number of aromatic nitrogens is 3. The lowest BCUT2D eigenvalue weighted by atomic mass is 10.3. The third-order valence-electron chi connectivity index (χ3n) is 3.91. The first kappa shape index (κ1) is 14.0. The first-order valence-electron chi connectivity index (χ1n) is 7.44. The molecular weight excluding hydrogens is 310 g/mol. The Labute approximate surface area is 137 Å². The van der Waals surface area contributed by atoms with Crippen LogP contribution in [0.1, 0.15) is 0 Å². The number of rotatable bonds is 2. The van der Waals surface area contributed by atoms with E-state index in [2.05, 4.69) is 31.9 Å². The minimum atomic E-state index is 0.216. The van der Waals surface area contributed by atoms with Gasteiger partial charge in [0.05, 0.1) is 10.2 Å². The minimum Gasteiger partial charge on any atom is -0.383 e. The highest BCUT2D eigenvalue weighted by molar-refractivity contribution is 7.22. The van der Waals surface area contributed by atoms with Gasteiger partial charge in [0, 0.05) is 32.2 Å². The van der Waals surface area contributed by atoms with E-state index in [1.165, 1.54) is 4.70 Å². The van der Waals surface area contributed by atoms with E-state index in [9.17, 15) is 0 Å². The van der Waals surface area contributed by atoms with Crippen molar-refractivity contribution in [1.29, 1.82) is 0 Å². The van der Waals surface area contributed by atoms with Gasteiger partial charge in [0.15, 0.2) is 5.13 Å². The van der Waals surface area contributed by atoms with Gasteiger partial charge in [-0.2, -0.15) is 9.97 Å². The maximum atomic E-state index is 5.75. The van der Waals surface area contributed by atoms with Crippen molar-refractivity contribution in [2.75, 3.05) is 47.4 Å². The smallest absolute Gasteiger partial charge is 0.223 e. The van der Waals surface area contributed by atoms with E-state index in [1.54, 1.807) is 17.4 Å². The Morgan fingerprint density at radius 2 is 1.65 bits per heavy atom. The summed E-state index contributed by atoms with van der Waals surface area (Å²) in [5, 5.41) is 1.08. The summed E-state index contributed by atoms with van der Waals surface area (Å²) in [6.45, 7) is 3.49. The van der Waals surface area contributed by atoms with Crippen LogP contribution in [-0.4, -0.2) is 41.1 Å². The summed E-state index contributed by atoms with van der Waals surface area (Å²) in [6.07, 6.45) is 0. The van der Waals surface area contributed by atoms with Gasteiger partial charge >= 0.3 is 0 Å². The fourth-order valence-corrected chi connectivity index (χ4v) is 3.77.